The number of fused-ring (bicyclic) bond motifs is 1. The molecule has 0 aromatic heterocycles. The van der Waals surface area contributed by atoms with Gasteiger partial charge in [0.2, 0.25) is 11.8 Å². The fraction of sp³-hybridized carbons (Fsp3) is 0.348. The van der Waals surface area contributed by atoms with Gasteiger partial charge in [0.1, 0.15) is 6.04 Å². The van der Waals surface area contributed by atoms with Crippen molar-refractivity contribution in [1.29, 1.82) is 0 Å². The van der Waals surface area contributed by atoms with Crippen molar-refractivity contribution in [1.82, 2.24) is 20.9 Å². The summed E-state index contributed by atoms with van der Waals surface area (Å²) in [6.07, 6.45) is 0.637. The van der Waals surface area contributed by atoms with Crippen LogP contribution >= 0.6 is 0 Å². The van der Waals surface area contributed by atoms with Crippen LogP contribution in [0.3, 0.4) is 0 Å². The summed E-state index contributed by atoms with van der Waals surface area (Å²) in [6, 6.07) is 15.6. The highest BCUT2D eigenvalue weighted by Gasteiger charge is 2.41. The highest BCUT2D eigenvalue weighted by Crippen LogP contribution is 2.31. The molecule has 2 fully saturated rings. The third kappa shape index (κ3) is 3.11. The number of amides is 3. The van der Waals surface area contributed by atoms with Gasteiger partial charge in [-0.2, -0.15) is 0 Å². The lowest BCUT2D eigenvalue weighted by Crippen LogP contribution is -2.64. The lowest BCUT2D eigenvalue weighted by atomic mass is 9.84. The maximum Gasteiger partial charge on any atom is 0.255 e. The molecule has 1 unspecified atom stereocenters. The largest absolute Gasteiger partial charge is 0.322 e. The molecule has 0 aliphatic carbocycles. The molecule has 0 bridgehead atoms. The van der Waals surface area contributed by atoms with Crippen LogP contribution in [0.4, 0.5) is 0 Å². The Morgan fingerprint density at radius 1 is 1.03 bits per heavy atom. The van der Waals surface area contributed by atoms with E-state index in [-0.39, 0.29) is 29.7 Å². The van der Waals surface area contributed by atoms with Gasteiger partial charge in [-0.15, -0.1) is 0 Å². The summed E-state index contributed by atoms with van der Waals surface area (Å²) in [4.78, 5) is 38.4. The van der Waals surface area contributed by atoms with Crippen LogP contribution in [0.1, 0.15) is 39.9 Å². The van der Waals surface area contributed by atoms with Gasteiger partial charge < -0.3 is 15.5 Å². The second-order valence-corrected chi connectivity index (χ2v) is 8.25. The van der Waals surface area contributed by atoms with Crippen molar-refractivity contribution in [2.75, 3.05) is 13.1 Å². The zero-order valence-electron chi connectivity index (χ0n) is 16.6. The monoisotopic (exact) mass is 404 g/mol. The second kappa shape index (κ2) is 7.34. The van der Waals surface area contributed by atoms with Gasteiger partial charge in [-0.25, -0.2) is 0 Å². The molecule has 3 aliphatic heterocycles. The standard InChI is InChI=1S/C23H24N4O3/c28-20-10-9-19(21(29)26-20)27-12-18-15(5-4-8-17(18)22(27)30)11-25-23(13-24-14-23)16-6-2-1-3-7-16/h1-8,19,24-25H,9-14H2,(H,26,28,29). The third-order valence-electron chi connectivity index (χ3n) is 6.48. The van der Waals surface area contributed by atoms with E-state index >= 15 is 0 Å². The molecule has 2 aromatic rings. The Bertz CT molecular complexity index is 1020. The van der Waals surface area contributed by atoms with Gasteiger partial charge in [0.15, 0.2) is 0 Å². The summed E-state index contributed by atoms with van der Waals surface area (Å²) in [5.74, 6) is -0.786. The molecule has 1 atom stereocenters. The fourth-order valence-corrected chi connectivity index (χ4v) is 4.64. The van der Waals surface area contributed by atoms with Crippen molar-refractivity contribution < 1.29 is 14.4 Å². The van der Waals surface area contributed by atoms with Gasteiger partial charge in [-0.1, -0.05) is 42.5 Å². The van der Waals surface area contributed by atoms with Gasteiger partial charge in [-0.3, -0.25) is 19.7 Å². The molecule has 3 aliphatic rings. The van der Waals surface area contributed by atoms with Gasteiger partial charge in [0.05, 0.1) is 5.54 Å². The maximum atomic E-state index is 13.0. The first-order valence-electron chi connectivity index (χ1n) is 10.3. The van der Waals surface area contributed by atoms with Gasteiger partial charge in [0, 0.05) is 38.2 Å². The highest BCUT2D eigenvalue weighted by molar-refractivity contribution is 6.05. The number of nitrogens with one attached hydrogen (secondary N) is 3. The Morgan fingerprint density at radius 2 is 1.83 bits per heavy atom. The molecule has 0 radical (unpaired) electrons. The smallest absolute Gasteiger partial charge is 0.255 e. The third-order valence-corrected chi connectivity index (χ3v) is 6.48. The Balaban J connectivity index is 1.36. The van der Waals surface area contributed by atoms with Crippen molar-refractivity contribution in [3.8, 4) is 0 Å². The van der Waals surface area contributed by atoms with Crippen molar-refractivity contribution >= 4 is 17.7 Å². The topological polar surface area (TPSA) is 90.5 Å². The summed E-state index contributed by atoms with van der Waals surface area (Å²) in [5.41, 5.74) is 3.82. The van der Waals surface area contributed by atoms with E-state index < -0.39 is 6.04 Å². The van der Waals surface area contributed by atoms with E-state index in [1.54, 1.807) is 4.90 Å². The van der Waals surface area contributed by atoms with E-state index in [0.717, 1.165) is 24.2 Å². The lowest BCUT2D eigenvalue weighted by molar-refractivity contribution is -0.136. The maximum absolute atomic E-state index is 13.0. The van der Waals surface area contributed by atoms with Crippen LogP contribution < -0.4 is 16.0 Å². The van der Waals surface area contributed by atoms with Crippen LogP contribution in [0.2, 0.25) is 0 Å². The molecule has 7 heteroatoms. The summed E-state index contributed by atoms with van der Waals surface area (Å²) in [7, 11) is 0. The number of rotatable bonds is 5. The molecule has 0 spiro atoms. The lowest BCUT2D eigenvalue weighted by Gasteiger charge is -2.44. The first-order valence-corrected chi connectivity index (χ1v) is 10.3. The quantitative estimate of drug-likeness (QED) is 0.648. The first-order chi connectivity index (χ1) is 14.6. The molecule has 2 saturated heterocycles. The van der Waals surface area contributed by atoms with Crippen LogP contribution in [0.15, 0.2) is 48.5 Å². The van der Waals surface area contributed by atoms with Gasteiger partial charge >= 0.3 is 0 Å². The van der Waals surface area contributed by atoms with Crippen molar-refractivity contribution in [2.45, 2.75) is 37.5 Å². The van der Waals surface area contributed by atoms with Crippen LogP contribution in [-0.2, 0) is 28.2 Å². The predicted molar refractivity (Wildman–Crippen MR) is 110 cm³/mol. The van der Waals surface area contributed by atoms with Crippen LogP contribution in [-0.4, -0.2) is 41.8 Å². The van der Waals surface area contributed by atoms with Crippen molar-refractivity contribution in [3.05, 3.63) is 70.8 Å². The van der Waals surface area contributed by atoms with E-state index in [1.165, 1.54) is 5.56 Å². The Hall–Kier alpha value is -3.03. The predicted octanol–water partition coefficient (Wildman–Crippen LogP) is 1.04. The van der Waals surface area contributed by atoms with Gasteiger partial charge in [0.25, 0.3) is 5.91 Å². The van der Waals surface area contributed by atoms with Gasteiger partial charge in [-0.05, 0) is 29.2 Å². The average Bonchev–Trinajstić information content (AvgIpc) is 3.05. The van der Waals surface area contributed by atoms with E-state index in [9.17, 15) is 14.4 Å². The molecular formula is C23H24N4O3. The normalized spacial score (nSPS) is 22.5. The first kappa shape index (κ1) is 19.0. The fourth-order valence-electron chi connectivity index (χ4n) is 4.64. The Morgan fingerprint density at radius 3 is 2.53 bits per heavy atom. The number of benzene rings is 2. The number of hydrogen-bond acceptors (Lipinski definition) is 5. The molecule has 3 N–H and O–H groups in total. The Labute approximate surface area is 174 Å². The minimum Gasteiger partial charge on any atom is -0.322 e. The number of hydrogen-bond donors (Lipinski definition) is 3. The molecule has 7 nitrogen and oxygen atoms in total. The minimum atomic E-state index is -0.588. The summed E-state index contributed by atoms with van der Waals surface area (Å²) in [5, 5.41) is 9.42. The number of imide groups is 1. The van der Waals surface area contributed by atoms with Crippen LogP contribution in [0.25, 0.3) is 0 Å². The summed E-state index contributed by atoms with van der Waals surface area (Å²) in [6.45, 7) is 2.74. The summed E-state index contributed by atoms with van der Waals surface area (Å²) >= 11 is 0. The zero-order chi connectivity index (χ0) is 20.7. The van der Waals surface area contributed by atoms with E-state index in [2.05, 4.69) is 28.1 Å². The number of piperidine rings is 1. The molecule has 3 amide bonds. The van der Waals surface area contributed by atoms with Crippen molar-refractivity contribution in [2.24, 2.45) is 0 Å². The molecule has 3 heterocycles. The highest BCUT2D eigenvalue weighted by atomic mass is 16.2. The SMILES string of the molecule is O=C1CCC(N2Cc3c(CNC4(c5ccccc5)CNC4)cccc3C2=O)C(=O)N1. The molecular weight excluding hydrogens is 380 g/mol. The minimum absolute atomic E-state index is 0.115. The zero-order valence-corrected chi connectivity index (χ0v) is 16.6. The van der Waals surface area contributed by atoms with Crippen molar-refractivity contribution in [3.63, 3.8) is 0 Å². The number of nitrogens with zero attached hydrogens (tertiary/aromatic N) is 1. The van der Waals surface area contributed by atoms with E-state index in [4.69, 9.17) is 0 Å². The average molecular weight is 404 g/mol. The van der Waals surface area contributed by atoms with Crippen LogP contribution in [0.5, 0.6) is 0 Å². The van der Waals surface area contributed by atoms with E-state index in [1.807, 2.05) is 36.4 Å². The number of carbonyl (C=O) groups is 3. The van der Waals surface area contributed by atoms with E-state index in [0.29, 0.717) is 25.1 Å². The molecule has 0 saturated carbocycles. The molecule has 2 aromatic carbocycles. The molecule has 5 rings (SSSR count). The van der Waals surface area contributed by atoms with Crippen LogP contribution in [0, 0.1) is 0 Å². The number of carbonyl (C=O) groups excluding carboxylic acids is 3. The molecule has 154 valence electrons. The molecule has 30 heavy (non-hydrogen) atoms. The second-order valence-electron chi connectivity index (χ2n) is 8.25. The summed E-state index contributed by atoms with van der Waals surface area (Å²) < 4.78 is 0. The Kier molecular flexibility index (Phi) is 4.64.